The zero-order chi connectivity index (χ0) is 11.5. The molecule has 0 radical (unpaired) electrons. The van der Waals surface area contributed by atoms with Crippen molar-refractivity contribution < 1.29 is 0 Å². The molecule has 0 fully saturated rings. The summed E-state index contributed by atoms with van der Waals surface area (Å²) in [4.78, 5) is 4.04. The van der Waals surface area contributed by atoms with Gasteiger partial charge in [0.15, 0.2) is 0 Å². The maximum absolute atomic E-state index is 4.04. The average Bonchev–Trinajstić information content (AvgIpc) is 2.99. The van der Waals surface area contributed by atoms with Crippen LogP contribution in [0.3, 0.4) is 0 Å². The van der Waals surface area contributed by atoms with E-state index in [2.05, 4.69) is 50.6 Å². The van der Waals surface area contributed by atoms with Crippen LogP contribution >= 0.6 is 0 Å². The minimum Gasteiger partial charge on any atom is -0.347 e. The van der Waals surface area contributed by atoms with E-state index in [0.717, 1.165) is 19.5 Å². The van der Waals surface area contributed by atoms with Crippen LogP contribution < -0.4 is 0 Å². The topological polar surface area (TPSA) is 22.8 Å². The van der Waals surface area contributed by atoms with Gasteiger partial charge in [-0.05, 0) is 23.9 Å². The van der Waals surface area contributed by atoms with E-state index in [-0.39, 0.29) is 0 Å². The first kappa shape index (κ1) is 10.1. The number of benzene rings is 1. The van der Waals surface area contributed by atoms with E-state index in [1.807, 2.05) is 18.7 Å². The molecule has 0 unspecified atom stereocenters. The summed E-state index contributed by atoms with van der Waals surface area (Å²) in [5.41, 5.74) is 1.32. The Balaban J connectivity index is 1.69. The molecule has 1 aromatic carbocycles. The van der Waals surface area contributed by atoms with Gasteiger partial charge in [0.25, 0.3) is 0 Å². The van der Waals surface area contributed by atoms with Crippen LogP contribution in [0.5, 0.6) is 0 Å². The van der Waals surface area contributed by atoms with E-state index in [1.165, 1.54) is 10.9 Å². The van der Waals surface area contributed by atoms with Crippen molar-refractivity contribution in [1.29, 1.82) is 0 Å². The molecule has 3 nitrogen and oxygen atoms in total. The van der Waals surface area contributed by atoms with Crippen LogP contribution in [-0.4, -0.2) is 14.1 Å². The summed E-state index contributed by atoms with van der Waals surface area (Å²) in [6.07, 6.45) is 8.99. The molecule has 0 saturated heterocycles. The minimum atomic E-state index is 1.02. The summed E-state index contributed by atoms with van der Waals surface area (Å²) in [6, 6.07) is 10.7. The Labute approximate surface area is 100 Å². The number of rotatable bonds is 4. The third-order valence-electron chi connectivity index (χ3n) is 3.05. The predicted octanol–water partition coefficient (Wildman–Crippen LogP) is 2.93. The van der Waals surface area contributed by atoms with Gasteiger partial charge < -0.3 is 9.13 Å². The van der Waals surface area contributed by atoms with Crippen LogP contribution in [0.2, 0.25) is 0 Å². The van der Waals surface area contributed by atoms with Gasteiger partial charge in [-0.25, -0.2) is 4.98 Å². The lowest BCUT2D eigenvalue weighted by molar-refractivity contribution is 0.573. The molecule has 0 spiro atoms. The fourth-order valence-electron chi connectivity index (χ4n) is 2.18. The second-order valence-corrected chi connectivity index (χ2v) is 4.22. The van der Waals surface area contributed by atoms with Gasteiger partial charge in [0.05, 0.1) is 6.33 Å². The van der Waals surface area contributed by atoms with Crippen LogP contribution in [-0.2, 0) is 13.1 Å². The highest BCUT2D eigenvalue weighted by molar-refractivity contribution is 5.79. The Morgan fingerprint density at radius 2 is 1.94 bits per heavy atom. The predicted molar refractivity (Wildman–Crippen MR) is 68.8 cm³/mol. The first-order valence-corrected chi connectivity index (χ1v) is 5.93. The molecule has 3 aromatic rings. The summed E-state index contributed by atoms with van der Waals surface area (Å²) in [6.45, 7) is 2.07. The summed E-state index contributed by atoms with van der Waals surface area (Å²) in [7, 11) is 0. The van der Waals surface area contributed by atoms with E-state index in [9.17, 15) is 0 Å². The third kappa shape index (κ3) is 2.09. The van der Waals surface area contributed by atoms with Crippen molar-refractivity contribution in [2.24, 2.45) is 0 Å². The number of aryl methyl sites for hydroxylation is 2. The quantitative estimate of drug-likeness (QED) is 0.669. The fraction of sp³-hybridized carbons (Fsp3) is 0.214. The Bertz CT molecular complexity index is 593. The number of hydrogen-bond donors (Lipinski definition) is 0. The highest BCUT2D eigenvalue weighted by Gasteiger charge is 1.99. The van der Waals surface area contributed by atoms with Gasteiger partial charge in [0.1, 0.15) is 0 Å². The molecule has 0 amide bonds. The highest BCUT2D eigenvalue weighted by atomic mass is 15.0. The zero-order valence-electron chi connectivity index (χ0n) is 9.66. The van der Waals surface area contributed by atoms with E-state index in [1.54, 1.807) is 0 Å². The highest BCUT2D eigenvalue weighted by Crippen LogP contribution is 2.15. The van der Waals surface area contributed by atoms with E-state index < -0.39 is 0 Å². The molecule has 86 valence electrons. The van der Waals surface area contributed by atoms with Crippen molar-refractivity contribution in [3.63, 3.8) is 0 Å². The molecule has 0 saturated carbocycles. The lowest BCUT2D eigenvalue weighted by atomic mass is 10.2. The van der Waals surface area contributed by atoms with E-state index in [0.29, 0.717) is 0 Å². The number of aromatic nitrogens is 3. The molecule has 2 heterocycles. The summed E-state index contributed by atoms with van der Waals surface area (Å²) in [5, 5.41) is 1.31. The Morgan fingerprint density at radius 1 is 1.00 bits per heavy atom. The molecule has 3 rings (SSSR count). The Kier molecular flexibility index (Phi) is 2.66. The molecule has 0 aliphatic carbocycles. The molecule has 0 aliphatic rings. The summed E-state index contributed by atoms with van der Waals surface area (Å²) < 4.78 is 4.43. The lowest BCUT2D eigenvalue weighted by Crippen LogP contribution is -2.01. The molecule has 2 aromatic heterocycles. The third-order valence-corrected chi connectivity index (χ3v) is 3.05. The maximum Gasteiger partial charge on any atom is 0.0945 e. The van der Waals surface area contributed by atoms with Crippen molar-refractivity contribution in [1.82, 2.24) is 14.1 Å². The van der Waals surface area contributed by atoms with Crippen LogP contribution in [0.1, 0.15) is 6.42 Å². The molecule has 0 aliphatic heterocycles. The first-order chi connectivity index (χ1) is 8.43. The molecule has 0 atom stereocenters. The van der Waals surface area contributed by atoms with Gasteiger partial charge >= 0.3 is 0 Å². The van der Waals surface area contributed by atoms with Crippen LogP contribution in [0, 0.1) is 0 Å². The van der Waals surface area contributed by atoms with Crippen molar-refractivity contribution in [2.75, 3.05) is 0 Å². The van der Waals surface area contributed by atoms with Crippen molar-refractivity contribution >= 4 is 10.9 Å². The monoisotopic (exact) mass is 225 g/mol. The van der Waals surface area contributed by atoms with Gasteiger partial charge in [-0.15, -0.1) is 0 Å². The van der Waals surface area contributed by atoms with Gasteiger partial charge in [0, 0.05) is 37.2 Å². The van der Waals surface area contributed by atoms with Crippen LogP contribution in [0.25, 0.3) is 10.9 Å². The van der Waals surface area contributed by atoms with Crippen molar-refractivity contribution in [3.8, 4) is 0 Å². The lowest BCUT2D eigenvalue weighted by Gasteiger charge is -2.05. The Morgan fingerprint density at radius 3 is 2.82 bits per heavy atom. The number of para-hydroxylation sites is 1. The summed E-state index contributed by atoms with van der Waals surface area (Å²) >= 11 is 0. The smallest absolute Gasteiger partial charge is 0.0945 e. The van der Waals surface area contributed by atoms with Crippen molar-refractivity contribution in [2.45, 2.75) is 19.5 Å². The van der Waals surface area contributed by atoms with Gasteiger partial charge in [0.2, 0.25) is 0 Å². The first-order valence-electron chi connectivity index (χ1n) is 5.93. The van der Waals surface area contributed by atoms with Crippen LogP contribution in [0.15, 0.2) is 55.2 Å². The standard InChI is InChI=1S/C14H15N3/c1-2-5-14-13(4-1)6-10-17(14)9-3-8-16-11-7-15-12-16/h1-2,4-7,10-12H,3,8-9H2. The number of fused-ring (bicyclic) bond motifs is 1. The SMILES string of the molecule is c1ccc2c(c1)ccn2CCCn1ccnc1. The van der Waals surface area contributed by atoms with E-state index >= 15 is 0 Å². The second-order valence-electron chi connectivity index (χ2n) is 4.22. The maximum atomic E-state index is 4.04. The molecule has 17 heavy (non-hydrogen) atoms. The molecule has 0 N–H and O–H groups in total. The number of nitrogens with zero attached hydrogens (tertiary/aromatic N) is 3. The van der Waals surface area contributed by atoms with E-state index in [4.69, 9.17) is 0 Å². The fourth-order valence-corrected chi connectivity index (χ4v) is 2.18. The molecular formula is C14H15N3. The van der Waals surface area contributed by atoms with Gasteiger partial charge in [-0.1, -0.05) is 18.2 Å². The normalized spacial score (nSPS) is 11.1. The number of hydrogen-bond acceptors (Lipinski definition) is 1. The average molecular weight is 225 g/mol. The minimum absolute atomic E-state index is 1.02. The zero-order valence-corrected chi connectivity index (χ0v) is 9.66. The molecule has 0 bridgehead atoms. The molecular weight excluding hydrogens is 210 g/mol. The number of imidazole rings is 1. The van der Waals surface area contributed by atoms with Gasteiger partial charge in [-0.3, -0.25) is 0 Å². The molecule has 3 heteroatoms. The van der Waals surface area contributed by atoms with Crippen LogP contribution in [0.4, 0.5) is 0 Å². The van der Waals surface area contributed by atoms with Crippen molar-refractivity contribution in [3.05, 3.63) is 55.2 Å². The van der Waals surface area contributed by atoms with Gasteiger partial charge in [-0.2, -0.15) is 0 Å². The summed E-state index contributed by atoms with van der Waals surface area (Å²) in [5.74, 6) is 0. The second kappa shape index (κ2) is 4.45. The Hall–Kier alpha value is -2.03. The largest absolute Gasteiger partial charge is 0.347 e.